The van der Waals surface area contributed by atoms with E-state index in [0.717, 1.165) is 18.7 Å². The van der Waals surface area contributed by atoms with Gasteiger partial charge in [-0.05, 0) is 61.2 Å². The number of carbonyl (C=O) groups is 1. The molecule has 0 radical (unpaired) electrons. The Balaban J connectivity index is 1.59. The van der Waals surface area contributed by atoms with Crippen molar-refractivity contribution >= 4 is 11.6 Å². The van der Waals surface area contributed by atoms with E-state index in [1.54, 1.807) is 12.1 Å². The van der Waals surface area contributed by atoms with Gasteiger partial charge in [-0.25, -0.2) is 4.39 Å². The lowest BCUT2D eigenvalue weighted by molar-refractivity contribution is 0.0951. The van der Waals surface area contributed by atoms with Crippen LogP contribution in [-0.2, 0) is 6.54 Å². The van der Waals surface area contributed by atoms with Crippen LogP contribution < -0.4 is 10.2 Å². The van der Waals surface area contributed by atoms with Gasteiger partial charge in [0.25, 0.3) is 5.91 Å². The number of halogens is 1. The van der Waals surface area contributed by atoms with Crippen LogP contribution in [0.25, 0.3) is 0 Å². The summed E-state index contributed by atoms with van der Waals surface area (Å²) in [4.78, 5) is 14.5. The lowest BCUT2D eigenvalue weighted by Gasteiger charge is -2.28. The fraction of sp³-hybridized carbons (Fsp3) is 0.316. The average molecular weight is 312 g/mol. The van der Waals surface area contributed by atoms with Crippen molar-refractivity contribution in [2.75, 3.05) is 18.0 Å². The normalized spacial score (nSPS) is 14.6. The second-order valence-electron chi connectivity index (χ2n) is 5.91. The summed E-state index contributed by atoms with van der Waals surface area (Å²) in [5.41, 5.74) is 2.55. The minimum atomic E-state index is -0.289. The lowest BCUT2D eigenvalue weighted by Crippen LogP contribution is -2.29. The summed E-state index contributed by atoms with van der Waals surface area (Å²) in [6.07, 6.45) is 3.77. The highest BCUT2D eigenvalue weighted by molar-refractivity contribution is 5.94. The minimum Gasteiger partial charge on any atom is -0.372 e. The molecule has 1 aliphatic rings. The summed E-state index contributed by atoms with van der Waals surface area (Å²) < 4.78 is 13.1. The lowest BCUT2D eigenvalue weighted by atomic mass is 10.1. The zero-order valence-electron chi connectivity index (χ0n) is 13.1. The van der Waals surface area contributed by atoms with Crippen LogP contribution >= 0.6 is 0 Å². The van der Waals surface area contributed by atoms with Crippen LogP contribution in [0.4, 0.5) is 10.1 Å². The highest BCUT2D eigenvalue weighted by atomic mass is 19.1. The van der Waals surface area contributed by atoms with Gasteiger partial charge >= 0.3 is 0 Å². The molecule has 1 N–H and O–H groups in total. The van der Waals surface area contributed by atoms with Gasteiger partial charge in [0, 0.05) is 30.9 Å². The van der Waals surface area contributed by atoms with Gasteiger partial charge in [-0.2, -0.15) is 0 Å². The van der Waals surface area contributed by atoms with Crippen molar-refractivity contribution < 1.29 is 9.18 Å². The van der Waals surface area contributed by atoms with Gasteiger partial charge in [0.2, 0.25) is 0 Å². The van der Waals surface area contributed by atoms with E-state index in [2.05, 4.69) is 10.2 Å². The van der Waals surface area contributed by atoms with Gasteiger partial charge in [0.1, 0.15) is 5.82 Å². The van der Waals surface area contributed by atoms with Gasteiger partial charge in [-0.1, -0.05) is 12.1 Å². The first-order valence-electron chi connectivity index (χ1n) is 8.10. The summed E-state index contributed by atoms with van der Waals surface area (Å²) in [7, 11) is 0. The van der Waals surface area contributed by atoms with Gasteiger partial charge < -0.3 is 10.2 Å². The Kier molecular flexibility index (Phi) is 4.91. The Morgan fingerprint density at radius 2 is 1.78 bits per heavy atom. The van der Waals surface area contributed by atoms with E-state index in [0.29, 0.717) is 12.1 Å². The summed E-state index contributed by atoms with van der Waals surface area (Å²) in [6.45, 7) is 2.50. The highest BCUT2D eigenvalue weighted by Crippen LogP contribution is 2.20. The third kappa shape index (κ3) is 4.09. The predicted molar refractivity (Wildman–Crippen MR) is 90.1 cm³/mol. The number of hydrogen-bond donors (Lipinski definition) is 1. The van der Waals surface area contributed by atoms with Crippen LogP contribution in [-0.4, -0.2) is 19.0 Å². The summed E-state index contributed by atoms with van der Waals surface area (Å²) in [5.74, 6) is -0.429. The minimum absolute atomic E-state index is 0.139. The van der Waals surface area contributed by atoms with Crippen LogP contribution in [0.5, 0.6) is 0 Å². The Bertz CT molecular complexity index is 663. The monoisotopic (exact) mass is 312 g/mol. The molecule has 1 amide bonds. The maximum absolute atomic E-state index is 13.1. The van der Waals surface area contributed by atoms with Crippen LogP contribution in [0, 0.1) is 5.82 Å². The summed E-state index contributed by atoms with van der Waals surface area (Å²) in [6, 6.07) is 14.0. The zero-order valence-corrected chi connectivity index (χ0v) is 13.1. The fourth-order valence-electron chi connectivity index (χ4n) is 2.91. The number of rotatable bonds is 4. The second-order valence-corrected chi connectivity index (χ2v) is 5.91. The van der Waals surface area contributed by atoms with Gasteiger partial charge in [0.15, 0.2) is 0 Å². The van der Waals surface area contributed by atoms with Crippen molar-refractivity contribution in [1.82, 2.24) is 5.32 Å². The Morgan fingerprint density at radius 3 is 2.48 bits per heavy atom. The van der Waals surface area contributed by atoms with Crippen molar-refractivity contribution in [3.8, 4) is 0 Å². The molecule has 2 aromatic rings. The number of hydrogen-bond acceptors (Lipinski definition) is 2. The number of anilines is 1. The first-order chi connectivity index (χ1) is 11.2. The van der Waals surface area contributed by atoms with E-state index >= 15 is 0 Å². The second kappa shape index (κ2) is 7.27. The molecule has 0 aliphatic carbocycles. The van der Waals surface area contributed by atoms with E-state index in [4.69, 9.17) is 0 Å². The number of nitrogens with one attached hydrogen (secondary N) is 1. The zero-order chi connectivity index (χ0) is 16.1. The molecule has 120 valence electrons. The molecule has 3 nitrogen and oxygen atoms in total. The van der Waals surface area contributed by atoms with Gasteiger partial charge in [-0.3, -0.25) is 4.79 Å². The maximum atomic E-state index is 13.1. The molecule has 0 aromatic heterocycles. The predicted octanol–water partition coefficient (Wildman–Crippen LogP) is 3.75. The first-order valence-corrected chi connectivity index (χ1v) is 8.10. The Morgan fingerprint density at radius 1 is 1.04 bits per heavy atom. The van der Waals surface area contributed by atoms with Crippen LogP contribution in [0.15, 0.2) is 48.5 Å². The smallest absolute Gasteiger partial charge is 0.251 e. The maximum Gasteiger partial charge on any atom is 0.251 e. The molecule has 0 bridgehead atoms. The van der Waals surface area contributed by atoms with Gasteiger partial charge in [-0.15, -0.1) is 0 Å². The fourth-order valence-corrected chi connectivity index (χ4v) is 2.91. The van der Waals surface area contributed by atoms with Crippen LogP contribution in [0.3, 0.4) is 0 Å². The molecule has 0 atom stereocenters. The SMILES string of the molecule is O=C(NCc1cccc(F)c1)c1ccc(N2CCCCC2)cc1. The largest absolute Gasteiger partial charge is 0.372 e. The third-order valence-electron chi connectivity index (χ3n) is 4.19. The van der Waals surface area contributed by atoms with Crippen molar-refractivity contribution in [3.63, 3.8) is 0 Å². The van der Waals surface area contributed by atoms with E-state index < -0.39 is 0 Å². The highest BCUT2D eigenvalue weighted by Gasteiger charge is 2.12. The Hall–Kier alpha value is -2.36. The quantitative estimate of drug-likeness (QED) is 0.932. The molecule has 4 heteroatoms. The third-order valence-corrected chi connectivity index (χ3v) is 4.19. The standard InChI is InChI=1S/C19H21FN2O/c20-17-6-4-5-15(13-17)14-21-19(23)16-7-9-18(10-8-16)22-11-2-1-3-12-22/h4-10,13H,1-3,11-12,14H2,(H,21,23). The number of carbonyl (C=O) groups excluding carboxylic acids is 1. The number of piperidine rings is 1. The molecule has 23 heavy (non-hydrogen) atoms. The molecule has 1 aliphatic heterocycles. The molecular formula is C19H21FN2O. The summed E-state index contributed by atoms with van der Waals surface area (Å²) in [5, 5.41) is 2.82. The number of amides is 1. The van der Waals surface area contributed by atoms with E-state index in [-0.39, 0.29) is 11.7 Å². The summed E-state index contributed by atoms with van der Waals surface area (Å²) >= 11 is 0. The molecule has 1 saturated heterocycles. The van der Waals surface area contributed by atoms with Crippen LogP contribution in [0.1, 0.15) is 35.2 Å². The topological polar surface area (TPSA) is 32.3 Å². The average Bonchev–Trinajstić information content (AvgIpc) is 2.61. The molecule has 1 fully saturated rings. The van der Waals surface area contributed by atoms with E-state index in [9.17, 15) is 9.18 Å². The number of benzene rings is 2. The molecule has 1 heterocycles. The van der Waals surface area contributed by atoms with Crippen molar-refractivity contribution in [3.05, 3.63) is 65.5 Å². The molecule has 0 saturated carbocycles. The van der Waals surface area contributed by atoms with Gasteiger partial charge in [0.05, 0.1) is 0 Å². The first kappa shape index (κ1) is 15.5. The van der Waals surface area contributed by atoms with E-state index in [1.165, 1.54) is 37.1 Å². The van der Waals surface area contributed by atoms with Crippen molar-refractivity contribution in [2.45, 2.75) is 25.8 Å². The van der Waals surface area contributed by atoms with E-state index in [1.807, 2.05) is 24.3 Å². The molecule has 2 aromatic carbocycles. The van der Waals surface area contributed by atoms with Crippen molar-refractivity contribution in [1.29, 1.82) is 0 Å². The van der Waals surface area contributed by atoms with Crippen LogP contribution in [0.2, 0.25) is 0 Å². The number of nitrogens with zero attached hydrogens (tertiary/aromatic N) is 1. The molecule has 0 spiro atoms. The Labute approximate surface area is 136 Å². The molecule has 0 unspecified atom stereocenters. The molecule has 3 rings (SSSR count). The molecular weight excluding hydrogens is 291 g/mol. The van der Waals surface area contributed by atoms with Crippen molar-refractivity contribution in [2.24, 2.45) is 0 Å².